The van der Waals surface area contributed by atoms with Crippen LogP contribution in [0.1, 0.15) is 0 Å². The van der Waals surface area contributed by atoms with Crippen molar-refractivity contribution < 1.29 is 8.83 Å². The number of rotatable bonds is 6. The van der Waals surface area contributed by atoms with Gasteiger partial charge in [-0.3, -0.25) is 19.9 Å². The van der Waals surface area contributed by atoms with Crippen LogP contribution in [-0.2, 0) is 0 Å². The molecule has 40 heavy (non-hydrogen) atoms. The average molecular weight is 523 g/mol. The van der Waals surface area contributed by atoms with Crippen molar-refractivity contribution >= 4 is 0 Å². The molecule has 0 aliphatic heterocycles. The predicted molar refractivity (Wildman–Crippen MR) is 146 cm³/mol. The SMILES string of the molecule is c1ccc(-c2ccc(-c3nnc(-c4ccc(-c5nnc(-c6ccc(-c7ccccn7)nc6)o5)cc4)o3)cn2)nc1. The van der Waals surface area contributed by atoms with Crippen molar-refractivity contribution in [1.29, 1.82) is 0 Å². The summed E-state index contributed by atoms with van der Waals surface area (Å²) in [6.45, 7) is 0. The van der Waals surface area contributed by atoms with Gasteiger partial charge >= 0.3 is 0 Å². The second-order valence-electron chi connectivity index (χ2n) is 8.70. The fourth-order valence-electron chi connectivity index (χ4n) is 4.04. The van der Waals surface area contributed by atoms with E-state index in [-0.39, 0.29) is 0 Å². The van der Waals surface area contributed by atoms with Crippen LogP contribution in [0, 0.1) is 0 Å². The Morgan fingerprint density at radius 2 is 0.725 bits per heavy atom. The summed E-state index contributed by atoms with van der Waals surface area (Å²) < 4.78 is 11.8. The zero-order valence-electron chi connectivity index (χ0n) is 20.8. The summed E-state index contributed by atoms with van der Waals surface area (Å²) in [7, 11) is 0. The number of nitrogens with zero attached hydrogens (tertiary/aromatic N) is 8. The molecule has 0 radical (unpaired) electrons. The minimum atomic E-state index is 0.378. The van der Waals surface area contributed by atoms with Crippen molar-refractivity contribution in [2.75, 3.05) is 0 Å². The molecule has 0 fully saturated rings. The van der Waals surface area contributed by atoms with E-state index in [2.05, 4.69) is 40.3 Å². The van der Waals surface area contributed by atoms with Gasteiger partial charge in [-0.15, -0.1) is 20.4 Å². The molecule has 190 valence electrons. The quantitative estimate of drug-likeness (QED) is 0.255. The molecule has 0 spiro atoms. The molecule has 7 aromatic rings. The molecule has 10 heteroatoms. The van der Waals surface area contributed by atoms with Crippen molar-refractivity contribution in [3.8, 4) is 68.6 Å². The Morgan fingerprint density at radius 3 is 1.07 bits per heavy atom. The molecule has 0 aliphatic rings. The van der Waals surface area contributed by atoms with Crippen LogP contribution in [0.3, 0.4) is 0 Å². The minimum absolute atomic E-state index is 0.378. The number of hydrogen-bond acceptors (Lipinski definition) is 10. The van der Waals surface area contributed by atoms with E-state index in [1.165, 1.54) is 0 Å². The van der Waals surface area contributed by atoms with Gasteiger partial charge in [-0.2, -0.15) is 0 Å². The van der Waals surface area contributed by atoms with Crippen LogP contribution in [0.5, 0.6) is 0 Å². The summed E-state index contributed by atoms with van der Waals surface area (Å²) in [5.74, 6) is 1.54. The Bertz CT molecular complexity index is 1730. The lowest BCUT2D eigenvalue weighted by molar-refractivity contribution is 0.582. The summed E-state index contributed by atoms with van der Waals surface area (Å²) in [6, 6.07) is 26.4. The Labute approximate surface area is 227 Å². The van der Waals surface area contributed by atoms with E-state index in [0.29, 0.717) is 23.6 Å². The third-order valence-corrected chi connectivity index (χ3v) is 6.10. The van der Waals surface area contributed by atoms with E-state index in [4.69, 9.17) is 8.83 Å². The standard InChI is InChI=1S/C30H18N8O2/c1-3-15-31-23(5-1)25-13-11-21(17-33-25)29-37-35-27(39-29)19-7-9-20(10-8-19)28-36-38-30(40-28)22-12-14-26(34-18-22)24-6-2-4-16-32-24/h1-18H. The Hall–Kier alpha value is -5.90. The fraction of sp³-hybridized carbons (Fsp3) is 0. The van der Waals surface area contributed by atoms with Gasteiger partial charge in [-0.25, -0.2) is 0 Å². The normalized spacial score (nSPS) is 11.0. The fourth-order valence-corrected chi connectivity index (χ4v) is 4.04. The Morgan fingerprint density at radius 1 is 0.350 bits per heavy atom. The molecule has 0 atom stereocenters. The third-order valence-electron chi connectivity index (χ3n) is 6.10. The van der Waals surface area contributed by atoms with Gasteiger partial charge in [0.15, 0.2) is 0 Å². The van der Waals surface area contributed by atoms with Gasteiger partial charge in [0.2, 0.25) is 23.6 Å². The molecular formula is C30H18N8O2. The van der Waals surface area contributed by atoms with Gasteiger partial charge in [0.25, 0.3) is 0 Å². The predicted octanol–water partition coefficient (Wildman–Crippen LogP) is 6.03. The molecule has 6 aromatic heterocycles. The van der Waals surface area contributed by atoms with Crippen molar-refractivity contribution in [3.05, 3.63) is 110 Å². The summed E-state index contributed by atoms with van der Waals surface area (Å²) in [4.78, 5) is 17.6. The van der Waals surface area contributed by atoms with E-state index in [1.54, 1.807) is 24.8 Å². The van der Waals surface area contributed by atoms with Crippen LogP contribution in [0.4, 0.5) is 0 Å². The maximum Gasteiger partial charge on any atom is 0.249 e. The van der Waals surface area contributed by atoms with Gasteiger partial charge < -0.3 is 8.83 Å². The molecule has 0 bridgehead atoms. The molecule has 0 saturated carbocycles. The van der Waals surface area contributed by atoms with Crippen LogP contribution in [0.2, 0.25) is 0 Å². The topological polar surface area (TPSA) is 129 Å². The summed E-state index contributed by atoms with van der Waals surface area (Å²) in [5, 5.41) is 16.8. The maximum absolute atomic E-state index is 5.91. The second-order valence-corrected chi connectivity index (χ2v) is 8.70. The van der Waals surface area contributed by atoms with Crippen molar-refractivity contribution in [1.82, 2.24) is 40.3 Å². The first-order valence-corrected chi connectivity index (χ1v) is 12.3. The first-order chi connectivity index (χ1) is 19.8. The molecule has 1 aromatic carbocycles. The monoisotopic (exact) mass is 522 g/mol. The highest BCUT2D eigenvalue weighted by Crippen LogP contribution is 2.28. The second kappa shape index (κ2) is 10.1. The van der Waals surface area contributed by atoms with E-state index in [1.807, 2.05) is 84.9 Å². The largest absolute Gasteiger partial charge is 0.416 e. The van der Waals surface area contributed by atoms with Crippen molar-refractivity contribution in [2.45, 2.75) is 0 Å². The number of benzene rings is 1. The summed E-state index contributed by atoms with van der Waals surface area (Å²) >= 11 is 0. The van der Waals surface area contributed by atoms with Gasteiger partial charge in [0, 0.05) is 35.9 Å². The lowest BCUT2D eigenvalue weighted by Gasteiger charge is -2.00. The molecule has 10 nitrogen and oxygen atoms in total. The van der Waals surface area contributed by atoms with Crippen LogP contribution in [0.15, 0.2) is 119 Å². The third kappa shape index (κ3) is 4.61. The zero-order valence-corrected chi connectivity index (χ0v) is 20.8. The highest BCUT2D eigenvalue weighted by Gasteiger charge is 2.14. The smallest absolute Gasteiger partial charge is 0.249 e. The van der Waals surface area contributed by atoms with Crippen LogP contribution in [0.25, 0.3) is 68.6 Å². The maximum atomic E-state index is 5.91. The lowest BCUT2D eigenvalue weighted by atomic mass is 10.1. The highest BCUT2D eigenvalue weighted by molar-refractivity contribution is 5.65. The summed E-state index contributed by atoms with van der Waals surface area (Å²) in [5.41, 5.74) is 6.08. The van der Waals surface area contributed by atoms with Gasteiger partial charge in [-0.05, 0) is 72.8 Å². The van der Waals surface area contributed by atoms with E-state index in [9.17, 15) is 0 Å². The average Bonchev–Trinajstić information content (AvgIpc) is 3.74. The highest BCUT2D eigenvalue weighted by atomic mass is 16.4. The van der Waals surface area contributed by atoms with E-state index < -0.39 is 0 Å². The Balaban J connectivity index is 1.06. The van der Waals surface area contributed by atoms with Gasteiger partial charge in [0.1, 0.15) is 0 Å². The molecule has 0 unspecified atom stereocenters. The van der Waals surface area contributed by atoms with Crippen LogP contribution < -0.4 is 0 Å². The zero-order chi connectivity index (χ0) is 26.7. The molecule has 0 aliphatic carbocycles. The van der Waals surface area contributed by atoms with Gasteiger partial charge in [-0.1, -0.05) is 12.1 Å². The molecule has 6 heterocycles. The van der Waals surface area contributed by atoms with Crippen molar-refractivity contribution in [3.63, 3.8) is 0 Å². The van der Waals surface area contributed by atoms with Crippen LogP contribution >= 0.6 is 0 Å². The van der Waals surface area contributed by atoms with E-state index in [0.717, 1.165) is 45.0 Å². The molecule has 0 N–H and O–H groups in total. The minimum Gasteiger partial charge on any atom is -0.416 e. The van der Waals surface area contributed by atoms with Crippen LogP contribution in [-0.4, -0.2) is 40.3 Å². The van der Waals surface area contributed by atoms with Crippen molar-refractivity contribution in [2.24, 2.45) is 0 Å². The van der Waals surface area contributed by atoms with Gasteiger partial charge in [0.05, 0.1) is 33.9 Å². The number of pyridine rings is 4. The number of aromatic nitrogens is 8. The molecule has 7 rings (SSSR count). The van der Waals surface area contributed by atoms with E-state index >= 15 is 0 Å². The summed E-state index contributed by atoms with van der Waals surface area (Å²) in [6.07, 6.45) is 6.86. The lowest BCUT2D eigenvalue weighted by Crippen LogP contribution is -1.87. The Kier molecular flexibility index (Phi) is 5.87. The number of hydrogen-bond donors (Lipinski definition) is 0. The molecule has 0 amide bonds. The first kappa shape index (κ1) is 23.2. The molecule has 0 saturated heterocycles. The molecular weight excluding hydrogens is 504 g/mol. The first-order valence-electron chi connectivity index (χ1n) is 12.3.